The van der Waals surface area contributed by atoms with E-state index in [4.69, 9.17) is 20.9 Å². The molecular formula is C10H15FN5O6P. The Kier molecular flexibility index (Phi) is 5.26. The van der Waals surface area contributed by atoms with Gasteiger partial charge in [0.2, 0.25) is 0 Å². The van der Waals surface area contributed by atoms with Crippen LogP contribution in [-0.4, -0.2) is 43.5 Å². The smallest absolute Gasteiger partial charge is 0.351 e. The third kappa shape index (κ3) is 3.64. The summed E-state index contributed by atoms with van der Waals surface area (Å²) in [5.74, 6) is 0.723. The van der Waals surface area contributed by atoms with Gasteiger partial charge in [0.1, 0.15) is 18.0 Å². The molecule has 13 heteroatoms. The second kappa shape index (κ2) is 6.84. The molecule has 11 nitrogen and oxygen atoms in total. The number of hydrogen-bond acceptors (Lipinski definition) is 8. The first-order valence-electron chi connectivity index (χ1n) is 6.25. The Morgan fingerprint density at radius 2 is 2.13 bits per heavy atom. The van der Waals surface area contributed by atoms with Crippen LogP contribution in [0.5, 0.6) is 0 Å². The van der Waals surface area contributed by atoms with Gasteiger partial charge in [-0.25, -0.2) is 9.18 Å². The number of nitrogens with two attached hydrogens (primary N) is 1. The summed E-state index contributed by atoms with van der Waals surface area (Å²) in [6, 6.07) is 1.26. The zero-order chi connectivity index (χ0) is 17.2. The molecule has 4 atom stereocenters. The quantitative estimate of drug-likeness (QED) is 0.288. The Hall–Kier alpha value is -1.66. The summed E-state index contributed by atoms with van der Waals surface area (Å²) in [5.41, 5.74) is 4.46. The van der Waals surface area contributed by atoms with Crippen LogP contribution in [0.15, 0.2) is 29.0 Å². The first-order chi connectivity index (χ1) is 10.8. The van der Waals surface area contributed by atoms with Gasteiger partial charge < -0.3 is 26.0 Å². The van der Waals surface area contributed by atoms with Crippen molar-refractivity contribution in [2.75, 3.05) is 5.73 Å². The molecule has 1 fully saturated rings. The molecule has 1 aromatic heterocycles. The maximum Gasteiger partial charge on any atom is 0.351 e. The highest BCUT2D eigenvalue weighted by molar-refractivity contribution is 7.62. The molecule has 2 heterocycles. The Labute approximate surface area is 128 Å². The lowest BCUT2D eigenvalue weighted by atomic mass is 10.1. The first-order valence-corrected chi connectivity index (χ1v) is 8.03. The standard InChI is InChI=1S/C10H15FN5O6P/c11-7-8(17)5(2-4-23(21,14-19)15-20)22-9(7)16-3-1-6(12)13-10(16)18/h1-5,7-9,17,19-20H,(H2,12,13,18)(H2,14,15,21)/b4-2+/t5-,7-,8-,9-/m1/s1. The van der Waals surface area contributed by atoms with Crippen LogP contribution in [0, 0.1) is 0 Å². The first kappa shape index (κ1) is 17.7. The third-order valence-electron chi connectivity index (χ3n) is 3.14. The average molecular weight is 351 g/mol. The normalized spacial score (nSPS) is 28.5. The Morgan fingerprint density at radius 3 is 2.70 bits per heavy atom. The van der Waals surface area contributed by atoms with Gasteiger partial charge >= 0.3 is 5.69 Å². The van der Waals surface area contributed by atoms with Crippen LogP contribution < -0.4 is 21.9 Å². The summed E-state index contributed by atoms with van der Waals surface area (Å²) in [5, 5.41) is 29.8. The van der Waals surface area contributed by atoms with Crippen LogP contribution in [0.1, 0.15) is 6.23 Å². The summed E-state index contributed by atoms with van der Waals surface area (Å²) in [6.45, 7) is 0. The van der Waals surface area contributed by atoms with Crippen LogP contribution in [0.2, 0.25) is 0 Å². The number of ether oxygens (including phenoxy) is 1. The van der Waals surface area contributed by atoms with E-state index >= 15 is 0 Å². The van der Waals surface area contributed by atoms with E-state index in [9.17, 15) is 18.9 Å². The number of alkyl halides is 1. The molecule has 2 rings (SSSR count). The van der Waals surface area contributed by atoms with E-state index in [1.165, 1.54) is 16.6 Å². The predicted octanol–water partition coefficient (Wildman–Crippen LogP) is -0.914. The average Bonchev–Trinajstić information content (AvgIpc) is 2.81. The van der Waals surface area contributed by atoms with E-state index in [-0.39, 0.29) is 5.82 Å². The van der Waals surface area contributed by atoms with Crippen molar-refractivity contribution >= 4 is 13.3 Å². The van der Waals surface area contributed by atoms with Crippen LogP contribution >= 0.6 is 7.44 Å². The highest BCUT2D eigenvalue weighted by Gasteiger charge is 2.44. The molecule has 0 amide bonds. The topological polar surface area (TPSA) is 172 Å². The van der Waals surface area contributed by atoms with E-state index in [1.54, 1.807) is 0 Å². The SMILES string of the molecule is Nc1ccn([C@@H]2O[C@H](/C=C/P(=O)(NO)NO)[C@@H](O)[C@H]2F)c(=O)n1. The maximum absolute atomic E-state index is 14.2. The summed E-state index contributed by atoms with van der Waals surface area (Å²) in [7, 11) is -3.87. The number of hydrogen-bond donors (Lipinski definition) is 6. The second-order valence-electron chi connectivity index (χ2n) is 4.67. The van der Waals surface area contributed by atoms with E-state index in [2.05, 4.69) is 4.98 Å². The lowest BCUT2D eigenvalue weighted by Crippen LogP contribution is -2.33. The lowest BCUT2D eigenvalue weighted by molar-refractivity contribution is -0.00684. The van der Waals surface area contributed by atoms with Gasteiger partial charge in [0.15, 0.2) is 12.4 Å². The monoisotopic (exact) mass is 351 g/mol. The fourth-order valence-electron chi connectivity index (χ4n) is 1.96. The van der Waals surface area contributed by atoms with Gasteiger partial charge in [-0.3, -0.25) is 9.13 Å². The zero-order valence-electron chi connectivity index (χ0n) is 11.5. The maximum atomic E-state index is 14.2. The number of nitrogens with zero attached hydrogens (tertiary/aromatic N) is 2. The molecular weight excluding hydrogens is 336 g/mol. The van der Waals surface area contributed by atoms with Gasteiger partial charge in [0.25, 0.3) is 7.44 Å². The van der Waals surface area contributed by atoms with E-state index < -0.39 is 37.7 Å². The highest BCUT2D eigenvalue weighted by atomic mass is 31.2. The predicted molar refractivity (Wildman–Crippen MR) is 74.3 cm³/mol. The molecule has 1 aromatic rings. The number of anilines is 1. The van der Waals surface area contributed by atoms with Gasteiger partial charge in [-0.2, -0.15) is 4.98 Å². The summed E-state index contributed by atoms with van der Waals surface area (Å²) in [4.78, 5) is 15.1. The van der Waals surface area contributed by atoms with Crippen molar-refractivity contribution < 1.29 is 29.2 Å². The van der Waals surface area contributed by atoms with E-state index in [0.29, 0.717) is 0 Å². The van der Waals surface area contributed by atoms with Crippen molar-refractivity contribution in [2.45, 2.75) is 24.6 Å². The van der Waals surface area contributed by atoms with Gasteiger partial charge in [0.05, 0.1) is 0 Å². The molecule has 0 aromatic carbocycles. The number of aromatic nitrogens is 2. The second-order valence-corrected chi connectivity index (χ2v) is 6.68. The highest BCUT2D eigenvalue weighted by Crippen LogP contribution is 2.38. The van der Waals surface area contributed by atoms with Crippen molar-refractivity contribution in [2.24, 2.45) is 0 Å². The minimum Gasteiger partial charge on any atom is -0.387 e. The minimum atomic E-state index is -3.87. The third-order valence-corrected chi connectivity index (χ3v) is 4.33. The van der Waals surface area contributed by atoms with Crippen molar-refractivity contribution in [3.8, 4) is 0 Å². The van der Waals surface area contributed by atoms with Gasteiger partial charge in [0, 0.05) is 12.0 Å². The Bertz CT molecular complexity index is 691. The largest absolute Gasteiger partial charge is 0.387 e. The molecule has 1 aliphatic rings. The molecule has 7 N–H and O–H groups in total. The van der Waals surface area contributed by atoms with Gasteiger partial charge in [-0.05, 0) is 12.1 Å². The number of aliphatic hydroxyl groups excluding tert-OH is 1. The molecule has 0 saturated carbocycles. The molecule has 23 heavy (non-hydrogen) atoms. The molecule has 1 aliphatic heterocycles. The fraction of sp³-hybridized carbons (Fsp3) is 0.400. The van der Waals surface area contributed by atoms with Crippen molar-refractivity contribution in [3.05, 3.63) is 34.6 Å². The number of nitrogens with one attached hydrogen (secondary N) is 2. The van der Waals surface area contributed by atoms with Crippen molar-refractivity contribution in [1.29, 1.82) is 0 Å². The van der Waals surface area contributed by atoms with Crippen LogP contribution in [-0.2, 0) is 9.30 Å². The van der Waals surface area contributed by atoms with Crippen molar-refractivity contribution in [1.82, 2.24) is 20.1 Å². The summed E-state index contributed by atoms with van der Waals surface area (Å²) >= 11 is 0. The lowest BCUT2D eigenvalue weighted by Gasteiger charge is -2.15. The summed E-state index contributed by atoms with van der Waals surface area (Å²) < 4.78 is 31.8. The number of aliphatic hydroxyl groups is 1. The van der Waals surface area contributed by atoms with E-state index in [0.717, 1.165) is 22.7 Å². The fourth-order valence-corrected chi connectivity index (χ4v) is 2.55. The molecule has 0 bridgehead atoms. The zero-order valence-corrected chi connectivity index (χ0v) is 12.4. The Balaban J connectivity index is 2.23. The van der Waals surface area contributed by atoms with E-state index in [1.807, 2.05) is 0 Å². The van der Waals surface area contributed by atoms with Crippen LogP contribution in [0.4, 0.5) is 10.2 Å². The molecule has 0 spiro atoms. The molecule has 0 aliphatic carbocycles. The molecule has 0 unspecified atom stereocenters. The molecule has 0 radical (unpaired) electrons. The molecule has 128 valence electrons. The minimum absolute atomic E-state index is 0.0550. The van der Waals surface area contributed by atoms with Crippen LogP contribution in [0.25, 0.3) is 0 Å². The Morgan fingerprint density at radius 1 is 1.48 bits per heavy atom. The number of nitrogen functional groups attached to an aromatic ring is 1. The summed E-state index contributed by atoms with van der Waals surface area (Å²) in [6.07, 6.45) is -4.27. The number of halogens is 1. The molecule has 1 saturated heterocycles. The van der Waals surface area contributed by atoms with Crippen LogP contribution in [0.3, 0.4) is 0 Å². The van der Waals surface area contributed by atoms with Crippen molar-refractivity contribution in [3.63, 3.8) is 0 Å². The van der Waals surface area contributed by atoms with Gasteiger partial charge in [-0.1, -0.05) is 0 Å². The number of rotatable bonds is 5. The van der Waals surface area contributed by atoms with Gasteiger partial charge in [-0.15, -0.1) is 10.5 Å².